The molecule has 0 N–H and O–H groups in total. The summed E-state index contributed by atoms with van der Waals surface area (Å²) in [5.74, 6) is 7.71. The van der Waals surface area contributed by atoms with Gasteiger partial charge in [-0.3, -0.25) is 0 Å². The van der Waals surface area contributed by atoms with E-state index in [-0.39, 0.29) is 0 Å². The number of oxazole rings is 1. The second-order valence-corrected chi connectivity index (χ2v) is 5.59. The zero-order valence-corrected chi connectivity index (χ0v) is 13.5. The molecule has 0 aliphatic heterocycles. The molecule has 0 radical (unpaired) electrons. The van der Waals surface area contributed by atoms with Crippen LogP contribution in [-0.4, -0.2) is 4.98 Å². The van der Waals surface area contributed by atoms with E-state index >= 15 is 0 Å². The predicted octanol–water partition coefficient (Wildman–Crippen LogP) is 5.41. The number of hydrogen-bond acceptors (Lipinski definition) is 2. The molecule has 2 nitrogen and oxygen atoms in total. The monoisotopic (exact) mass is 321 g/mol. The van der Waals surface area contributed by atoms with Gasteiger partial charge in [-0.1, -0.05) is 48.2 Å². The van der Waals surface area contributed by atoms with E-state index < -0.39 is 0 Å². The van der Waals surface area contributed by atoms with Gasteiger partial charge in [-0.15, -0.1) is 0 Å². The molecule has 1 aromatic heterocycles. The van der Waals surface area contributed by atoms with E-state index in [9.17, 15) is 0 Å². The van der Waals surface area contributed by atoms with E-state index in [1.54, 1.807) is 6.20 Å². The van der Waals surface area contributed by atoms with Crippen molar-refractivity contribution in [3.05, 3.63) is 102 Å². The lowest BCUT2D eigenvalue weighted by Gasteiger charge is -1.97. The molecule has 118 valence electrons. The predicted molar refractivity (Wildman–Crippen MR) is 99.8 cm³/mol. The average Bonchev–Trinajstić information content (AvgIpc) is 3.19. The molecule has 4 aromatic rings. The summed E-state index contributed by atoms with van der Waals surface area (Å²) >= 11 is 0. The molecular weight excluding hydrogens is 306 g/mol. The summed E-state index contributed by atoms with van der Waals surface area (Å²) in [6, 6.07) is 27.9. The third-order valence-electron chi connectivity index (χ3n) is 3.82. The van der Waals surface area contributed by atoms with Crippen LogP contribution in [0.25, 0.3) is 22.8 Å². The first-order chi connectivity index (χ1) is 12.4. The highest BCUT2D eigenvalue weighted by molar-refractivity contribution is 5.62. The second kappa shape index (κ2) is 6.90. The minimum absolute atomic E-state index is 0.628. The van der Waals surface area contributed by atoms with Crippen LogP contribution in [0.2, 0.25) is 0 Å². The molecule has 4 rings (SSSR count). The normalized spacial score (nSPS) is 10.1. The van der Waals surface area contributed by atoms with Gasteiger partial charge in [-0.2, -0.15) is 0 Å². The topological polar surface area (TPSA) is 26.0 Å². The number of hydrogen-bond donors (Lipinski definition) is 0. The molecule has 0 amide bonds. The Morgan fingerprint density at radius 2 is 1.20 bits per heavy atom. The fraction of sp³-hybridized carbons (Fsp3) is 0. The molecule has 2 heteroatoms. The van der Waals surface area contributed by atoms with Crippen molar-refractivity contribution in [2.75, 3.05) is 0 Å². The van der Waals surface area contributed by atoms with Crippen LogP contribution < -0.4 is 0 Å². The summed E-state index contributed by atoms with van der Waals surface area (Å²) in [5, 5.41) is 0. The lowest BCUT2D eigenvalue weighted by Crippen LogP contribution is -1.78. The van der Waals surface area contributed by atoms with E-state index in [1.807, 2.05) is 84.9 Å². The average molecular weight is 321 g/mol. The van der Waals surface area contributed by atoms with E-state index in [0.717, 1.165) is 28.0 Å². The Hall–Kier alpha value is -3.57. The first kappa shape index (κ1) is 15.0. The van der Waals surface area contributed by atoms with Crippen LogP contribution in [0.5, 0.6) is 0 Å². The molecule has 1 heterocycles. The smallest absolute Gasteiger partial charge is 0.226 e. The molecule has 0 atom stereocenters. The highest BCUT2D eigenvalue weighted by atomic mass is 16.4. The fourth-order valence-electron chi connectivity index (χ4n) is 2.51. The Bertz CT molecular complexity index is 1020. The zero-order valence-electron chi connectivity index (χ0n) is 13.5. The summed E-state index contributed by atoms with van der Waals surface area (Å²) < 4.78 is 5.88. The maximum atomic E-state index is 5.88. The van der Waals surface area contributed by atoms with Crippen LogP contribution in [0.3, 0.4) is 0 Å². The first-order valence-electron chi connectivity index (χ1n) is 8.07. The Balaban J connectivity index is 1.55. The maximum absolute atomic E-state index is 5.88. The van der Waals surface area contributed by atoms with Gasteiger partial charge in [0.1, 0.15) is 0 Å². The van der Waals surface area contributed by atoms with Crippen molar-refractivity contribution in [2.24, 2.45) is 0 Å². The third-order valence-corrected chi connectivity index (χ3v) is 3.82. The first-order valence-corrected chi connectivity index (χ1v) is 8.07. The molecule has 0 spiro atoms. The number of benzene rings is 3. The lowest BCUT2D eigenvalue weighted by molar-refractivity contribution is 0.589. The summed E-state index contributed by atoms with van der Waals surface area (Å²) in [7, 11) is 0. The lowest BCUT2D eigenvalue weighted by atomic mass is 10.1. The van der Waals surface area contributed by atoms with Crippen molar-refractivity contribution in [1.29, 1.82) is 0 Å². The summed E-state index contributed by atoms with van der Waals surface area (Å²) in [6.07, 6.45) is 1.76. The maximum Gasteiger partial charge on any atom is 0.226 e. The van der Waals surface area contributed by atoms with Crippen molar-refractivity contribution in [1.82, 2.24) is 4.98 Å². The largest absolute Gasteiger partial charge is 0.436 e. The minimum atomic E-state index is 0.628. The van der Waals surface area contributed by atoms with Crippen molar-refractivity contribution >= 4 is 0 Å². The van der Waals surface area contributed by atoms with Gasteiger partial charge >= 0.3 is 0 Å². The molecule has 0 unspecified atom stereocenters. The van der Waals surface area contributed by atoms with Crippen LogP contribution in [0, 0.1) is 11.8 Å². The van der Waals surface area contributed by atoms with Gasteiger partial charge in [-0.25, -0.2) is 4.98 Å². The van der Waals surface area contributed by atoms with Crippen LogP contribution in [-0.2, 0) is 0 Å². The van der Waals surface area contributed by atoms with Gasteiger partial charge in [0.2, 0.25) is 5.89 Å². The summed E-state index contributed by atoms with van der Waals surface area (Å²) in [6.45, 7) is 0. The molecule has 0 bridgehead atoms. The van der Waals surface area contributed by atoms with E-state index in [0.29, 0.717) is 5.89 Å². The van der Waals surface area contributed by atoms with Gasteiger partial charge in [-0.05, 0) is 48.5 Å². The van der Waals surface area contributed by atoms with Crippen molar-refractivity contribution in [3.63, 3.8) is 0 Å². The van der Waals surface area contributed by atoms with Crippen molar-refractivity contribution in [3.8, 4) is 34.6 Å². The van der Waals surface area contributed by atoms with Crippen LogP contribution in [0.15, 0.2) is 95.5 Å². The fourth-order valence-corrected chi connectivity index (χ4v) is 2.51. The van der Waals surface area contributed by atoms with Gasteiger partial charge in [0.15, 0.2) is 5.76 Å². The molecule has 0 saturated carbocycles. The highest BCUT2D eigenvalue weighted by Gasteiger charge is 2.07. The molecule has 0 saturated heterocycles. The molecule has 0 fully saturated rings. The molecule has 0 aliphatic carbocycles. The Morgan fingerprint density at radius 1 is 0.600 bits per heavy atom. The van der Waals surface area contributed by atoms with Gasteiger partial charge in [0, 0.05) is 22.3 Å². The molecular formula is C23H15NO. The number of aromatic nitrogens is 1. The van der Waals surface area contributed by atoms with E-state index in [1.165, 1.54) is 0 Å². The molecule has 25 heavy (non-hydrogen) atoms. The quantitative estimate of drug-likeness (QED) is 0.461. The summed E-state index contributed by atoms with van der Waals surface area (Å²) in [4.78, 5) is 4.37. The minimum Gasteiger partial charge on any atom is -0.436 e. The highest BCUT2D eigenvalue weighted by Crippen LogP contribution is 2.25. The molecule has 3 aromatic carbocycles. The second-order valence-electron chi connectivity index (χ2n) is 5.59. The third kappa shape index (κ3) is 3.52. The number of rotatable bonds is 2. The van der Waals surface area contributed by atoms with E-state index in [4.69, 9.17) is 4.42 Å². The van der Waals surface area contributed by atoms with Gasteiger partial charge in [0.05, 0.1) is 6.20 Å². The van der Waals surface area contributed by atoms with Crippen LogP contribution in [0.4, 0.5) is 0 Å². The summed E-state index contributed by atoms with van der Waals surface area (Å²) in [5.41, 5.74) is 3.93. The van der Waals surface area contributed by atoms with Gasteiger partial charge < -0.3 is 4.42 Å². The van der Waals surface area contributed by atoms with Crippen LogP contribution in [0.1, 0.15) is 11.1 Å². The Kier molecular flexibility index (Phi) is 4.14. The number of nitrogens with zero attached hydrogens (tertiary/aromatic N) is 1. The van der Waals surface area contributed by atoms with Crippen LogP contribution >= 0.6 is 0 Å². The Labute approximate surface area is 146 Å². The zero-order chi connectivity index (χ0) is 16.9. The van der Waals surface area contributed by atoms with Gasteiger partial charge in [0.25, 0.3) is 0 Å². The van der Waals surface area contributed by atoms with Crippen molar-refractivity contribution < 1.29 is 4.42 Å². The van der Waals surface area contributed by atoms with E-state index in [2.05, 4.69) is 16.8 Å². The van der Waals surface area contributed by atoms with Crippen molar-refractivity contribution in [2.45, 2.75) is 0 Å². The molecule has 0 aliphatic rings. The standard InChI is InChI=1S/C23H15NO/c1-3-7-18(8-4-1)11-12-19-13-15-20(16-14-19)22-17-24-23(25-22)21-9-5-2-6-10-21/h1-10,13-17H. The SMILES string of the molecule is C(#Cc1ccc(-c2cnc(-c3ccccc3)o2)cc1)c1ccccc1. The Morgan fingerprint density at radius 3 is 1.88 bits per heavy atom.